The molecule has 0 aliphatic heterocycles. The van der Waals surface area contributed by atoms with Gasteiger partial charge in [0.2, 0.25) is 11.1 Å². The molecule has 0 bridgehead atoms. The van der Waals surface area contributed by atoms with Gasteiger partial charge in [-0.3, -0.25) is 0 Å². The molecule has 6 heteroatoms. The maximum atomic E-state index is 5.44. The summed E-state index contributed by atoms with van der Waals surface area (Å²) in [5.41, 5.74) is 7.77. The molecule has 0 radical (unpaired) electrons. The molecule has 3 N–H and O–H groups in total. The molecule has 0 aliphatic carbocycles. The van der Waals surface area contributed by atoms with Gasteiger partial charge in [0.05, 0.1) is 6.61 Å². The second-order valence-electron chi connectivity index (χ2n) is 3.56. The first-order chi connectivity index (χ1) is 8.28. The standard InChI is InChI=1S/C11H14N4OS/c1-16-7-9-4-2-3-8(5-9)6-13-11-14-10(12)15-17-11/h2-5H,6-7H2,1H3,(H3,12,13,14,15). The van der Waals surface area contributed by atoms with Crippen LogP contribution in [-0.2, 0) is 17.9 Å². The van der Waals surface area contributed by atoms with Crippen LogP contribution in [0.1, 0.15) is 11.1 Å². The molecular weight excluding hydrogens is 236 g/mol. The van der Waals surface area contributed by atoms with Gasteiger partial charge in [-0.2, -0.15) is 9.36 Å². The number of hydrogen-bond acceptors (Lipinski definition) is 6. The molecule has 0 fully saturated rings. The third-order valence-corrected chi connectivity index (χ3v) is 2.87. The number of rotatable bonds is 5. The molecule has 1 aromatic carbocycles. The van der Waals surface area contributed by atoms with Crippen molar-refractivity contribution in [2.24, 2.45) is 0 Å². The molecular formula is C11H14N4OS. The zero-order valence-corrected chi connectivity index (χ0v) is 10.3. The van der Waals surface area contributed by atoms with Crippen LogP contribution >= 0.6 is 11.5 Å². The second kappa shape index (κ2) is 5.60. The fraction of sp³-hybridized carbons (Fsp3) is 0.273. The highest BCUT2D eigenvalue weighted by molar-refractivity contribution is 7.09. The maximum Gasteiger partial charge on any atom is 0.233 e. The highest BCUT2D eigenvalue weighted by Crippen LogP contribution is 2.14. The van der Waals surface area contributed by atoms with Gasteiger partial charge in [-0.05, 0) is 11.1 Å². The third kappa shape index (κ3) is 3.40. The van der Waals surface area contributed by atoms with E-state index in [2.05, 4.69) is 26.8 Å². The van der Waals surface area contributed by atoms with Gasteiger partial charge in [0.15, 0.2) is 0 Å². The molecule has 17 heavy (non-hydrogen) atoms. The number of nitrogens with two attached hydrogens (primary N) is 1. The molecule has 90 valence electrons. The topological polar surface area (TPSA) is 73.1 Å². The summed E-state index contributed by atoms with van der Waals surface area (Å²) in [7, 11) is 1.69. The fourth-order valence-corrected chi connectivity index (χ4v) is 1.97. The largest absolute Gasteiger partial charge is 0.380 e. The van der Waals surface area contributed by atoms with E-state index in [0.29, 0.717) is 19.1 Å². The smallest absolute Gasteiger partial charge is 0.233 e. The molecule has 0 atom stereocenters. The van der Waals surface area contributed by atoms with Crippen LogP contribution in [0.5, 0.6) is 0 Å². The Balaban J connectivity index is 1.96. The Labute approximate surface area is 104 Å². The SMILES string of the molecule is COCc1cccc(CNc2nc(N)ns2)c1. The van der Waals surface area contributed by atoms with Gasteiger partial charge in [0, 0.05) is 25.2 Å². The van der Waals surface area contributed by atoms with E-state index in [0.717, 1.165) is 10.7 Å². The zero-order valence-electron chi connectivity index (χ0n) is 9.51. The summed E-state index contributed by atoms with van der Waals surface area (Å²) in [6, 6.07) is 8.20. The molecule has 0 amide bonds. The van der Waals surface area contributed by atoms with E-state index in [1.165, 1.54) is 17.1 Å². The van der Waals surface area contributed by atoms with E-state index in [9.17, 15) is 0 Å². The minimum atomic E-state index is 0.311. The van der Waals surface area contributed by atoms with Crippen molar-refractivity contribution in [3.8, 4) is 0 Å². The van der Waals surface area contributed by atoms with Crippen LogP contribution in [-0.4, -0.2) is 16.5 Å². The van der Waals surface area contributed by atoms with Gasteiger partial charge in [0.1, 0.15) is 0 Å². The number of nitrogens with one attached hydrogen (secondary N) is 1. The predicted octanol–water partition coefficient (Wildman–Crippen LogP) is 1.88. The van der Waals surface area contributed by atoms with Crippen molar-refractivity contribution >= 4 is 22.6 Å². The highest BCUT2D eigenvalue weighted by Gasteiger charge is 2.00. The van der Waals surface area contributed by atoms with Crippen molar-refractivity contribution in [3.63, 3.8) is 0 Å². The summed E-state index contributed by atoms with van der Waals surface area (Å²) in [4.78, 5) is 4.03. The molecule has 0 spiro atoms. The Morgan fingerprint density at radius 2 is 2.24 bits per heavy atom. The monoisotopic (exact) mass is 250 g/mol. The molecule has 0 unspecified atom stereocenters. The third-order valence-electron chi connectivity index (χ3n) is 2.19. The van der Waals surface area contributed by atoms with Gasteiger partial charge in [-0.25, -0.2) is 0 Å². The summed E-state index contributed by atoms with van der Waals surface area (Å²) in [6.45, 7) is 1.33. The molecule has 0 saturated heterocycles. The number of methoxy groups -OCH3 is 1. The van der Waals surface area contributed by atoms with Crippen LogP contribution in [0.15, 0.2) is 24.3 Å². The van der Waals surface area contributed by atoms with Gasteiger partial charge < -0.3 is 15.8 Å². The Morgan fingerprint density at radius 3 is 2.94 bits per heavy atom. The van der Waals surface area contributed by atoms with Crippen molar-refractivity contribution < 1.29 is 4.74 Å². The Kier molecular flexibility index (Phi) is 3.89. The fourth-order valence-electron chi connectivity index (χ4n) is 1.48. The van der Waals surface area contributed by atoms with Crippen LogP contribution in [0.4, 0.5) is 11.1 Å². The lowest BCUT2D eigenvalue weighted by Gasteiger charge is -2.05. The Morgan fingerprint density at radius 1 is 1.41 bits per heavy atom. The first kappa shape index (κ1) is 11.8. The summed E-state index contributed by atoms with van der Waals surface area (Å²) in [6.07, 6.45) is 0. The number of aromatic nitrogens is 2. The minimum absolute atomic E-state index is 0.311. The highest BCUT2D eigenvalue weighted by atomic mass is 32.1. The maximum absolute atomic E-state index is 5.44. The van der Waals surface area contributed by atoms with Crippen molar-refractivity contribution in [1.82, 2.24) is 9.36 Å². The summed E-state index contributed by atoms with van der Waals surface area (Å²) < 4.78 is 8.99. The van der Waals surface area contributed by atoms with E-state index in [1.54, 1.807) is 7.11 Å². The van der Waals surface area contributed by atoms with Gasteiger partial charge in [-0.15, -0.1) is 0 Å². The minimum Gasteiger partial charge on any atom is -0.380 e. The lowest BCUT2D eigenvalue weighted by Crippen LogP contribution is -2.00. The van der Waals surface area contributed by atoms with Crippen molar-refractivity contribution in [3.05, 3.63) is 35.4 Å². The average Bonchev–Trinajstić information content (AvgIpc) is 2.74. The molecule has 0 aliphatic rings. The van der Waals surface area contributed by atoms with E-state index in [-0.39, 0.29) is 0 Å². The van der Waals surface area contributed by atoms with Crippen LogP contribution in [0, 0.1) is 0 Å². The first-order valence-corrected chi connectivity index (χ1v) is 5.95. The molecule has 2 aromatic rings. The van der Waals surface area contributed by atoms with E-state index >= 15 is 0 Å². The van der Waals surface area contributed by atoms with Crippen LogP contribution in [0.25, 0.3) is 0 Å². The van der Waals surface area contributed by atoms with E-state index in [4.69, 9.17) is 10.5 Å². The van der Waals surface area contributed by atoms with E-state index < -0.39 is 0 Å². The zero-order chi connectivity index (χ0) is 12.1. The van der Waals surface area contributed by atoms with Crippen LogP contribution < -0.4 is 11.1 Å². The molecule has 5 nitrogen and oxygen atoms in total. The van der Waals surface area contributed by atoms with Crippen LogP contribution in [0.2, 0.25) is 0 Å². The first-order valence-electron chi connectivity index (χ1n) is 5.18. The lowest BCUT2D eigenvalue weighted by molar-refractivity contribution is 0.185. The van der Waals surface area contributed by atoms with Crippen molar-refractivity contribution in [1.29, 1.82) is 0 Å². The number of anilines is 2. The molecule has 1 aromatic heterocycles. The number of hydrogen-bond donors (Lipinski definition) is 2. The number of benzene rings is 1. The number of ether oxygens (including phenoxy) is 1. The summed E-state index contributed by atoms with van der Waals surface area (Å²) in [5.74, 6) is 0.311. The van der Waals surface area contributed by atoms with Gasteiger partial charge in [0.25, 0.3) is 0 Å². The normalized spacial score (nSPS) is 10.4. The summed E-state index contributed by atoms with van der Waals surface area (Å²) >= 11 is 1.26. The van der Waals surface area contributed by atoms with Crippen molar-refractivity contribution in [2.45, 2.75) is 13.2 Å². The average molecular weight is 250 g/mol. The number of nitrogen functional groups attached to an aromatic ring is 1. The van der Waals surface area contributed by atoms with Crippen molar-refractivity contribution in [2.75, 3.05) is 18.2 Å². The molecule has 1 heterocycles. The Bertz CT molecular complexity index is 486. The van der Waals surface area contributed by atoms with Gasteiger partial charge >= 0.3 is 0 Å². The predicted molar refractivity (Wildman–Crippen MR) is 68.8 cm³/mol. The quantitative estimate of drug-likeness (QED) is 0.847. The number of nitrogens with zero attached hydrogens (tertiary/aromatic N) is 2. The molecule has 2 rings (SSSR count). The Hall–Kier alpha value is -1.66. The second-order valence-corrected chi connectivity index (χ2v) is 4.32. The van der Waals surface area contributed by atoms with Crippen LogP contribution in [0.3, 0.4) is 0 Å². The van der Waals surface area contributed by atoms with Gasteiger partial charge in [-0.1, -0.05) is 24.3 Å². The molecule has 0 saturated carbocycles. The lowest BCUT2D eigenvalue weighted by atomic mass is 10.1. The van der Waals surface area contributed by atoms with E-state index in [1.807, 2.05) is 12.1 Å². The summed E-state index contributed by atoms with van der Waals surface area (Å²) in [5, 5.41) is 3.91.